The fraction of sp³-hybridized carbons (Fsp3) is 0.875. The van der Waals surface area contributed by atoms with Crippen molar-refractivity contribution in [3.63, 3.8) is 0 Å². The van der Waals surface area contributed by atoms with Gasteiger partial charge in [-0.05, 0) is 13.3 Å². The van der Waals surface area contributed by atoms with Crippen LogP contribution in [0.2, 0.25) is 0 Å². The van der Waals surface area contributed by atoms with Crippen molar-refractivity contribution in [2.75, 3.05) is 0 Å². The lowest BCUT2D eigenvalue weighted by Crippen LogP contribution is -2.41. The molecule has 2 nitrogen and oxygen atoms in total. The molecule has 5 heteroatoms. The Bertz CT molecular complexity index is 198. The first kappa shape index (κ1) is 12.4. The maximum Gasteiger partial charge on any atom is 0.394 e. The molecule has 0 saturated heterocycles. The van der Waals surface area contributed by atoms with Crippen molar-refractivity contribution in [2.24, 2.45) is 11.1 Å². The molecule has 0 spiro atoms. The average Bonchev–Trinajstić information content (AvgIpc) is 1.83. The Labute approximate surface area is 75.3 Å². The van der Waals surface area contributed by atoms with Crippen LogP contribution >= 0.6 is 0 Å². The predicted molar refractivity (Wildman–Crippen MR) is 43.1 cm³/mol. The van der Waals surface area contributed by atoms with Crippen LogP contribution in [0.15, 0.2) is 0 Å². The fourth-order valence-electron chi connectivity index (χ4n) is 0.809. The maximum absolute atomic E-state index is 12.3. The highest BCUT2D eigenvalue weighted by atomic mass is 19.4. The van der Waals surface area contributed by atoms with E-state index >= 15 is 0 Å². The highest BCUT2D eigenvalue weighted by Crippen LogP contribution is 2.40. The fourth-order valence-corrected chi connectivity index (χ4v) is 0.809. The number of Topliss-reactive ketones (excluding diaryl/α,β-unsaturated/α-hetero) is 1. The van der Waals surface area contributed by atoms with Crippen molar-refractivity contribution in [3.05, 3.63) is 0 Å². The van der Waals surface area contributed by atoms with Crippen LogP contribution in [-0.4, -0.2) is 18.0 Å². The third-order valence-corrected chi connectivity index (χ3v) is 2.02. The van der Waals surface area contributed by atoms with Crippen LogP contribution in [0, 0.1) is 5.41 Å². The van der Waals surface area contributed by atoms with Gasteiger partial charge < -0.3 is 5.73 Å². The van der Waals surface area contributed by atoms with Crippen molar-refractivity contribution in [1.82, 2.24) is 0 Å². The van der Waals surface area contributed by atoms with E-state index in [1.54, 1.807) is 0 Å². The molecule has 0 aromatic rings. The Hall–Kier alpha value is -0.580. The Balaban J connectivity index is 4.43. The number of halogens is 3. The predicted octanol–water partition coefficient (Wildman–Crippen LogP) is 1.88. The van der Waals surface area contributed by atoms with Gasteiger partial charge in [0.15, 0.2) is 0 Å². The molecule has 0 aliphatic rings. The van der Waals surface area contributed by atoms with Crippen LogP contribution in [0.1, 0.15) is 27.2 Å². The quantitative estimate of drug-likeness (QED) is 0.750. The van der Waals surface area contributed by atoms with E-state index in [4.69, 9.17) is 5.73 Å². The molecule has 0 aromatic carbocycles. The summed E-state index contributed by atoms with van der Waals surface area (Å²) in [6.45, 7) is 3.27. The molecule has 0 heterocycles. The van der Waals surface area contributed by atoms with Gasteiger partial charge >= 0.3 is 6.18 Å². The van der Waals surface area contributed by atoms with E-state index in [1.165, 1.54) is 6.92 Å². The number of carbonyl (C=O) groups excluding carboxylic acids is 1. The summed E-state index contributed by atoms with van der Waals surface area (Å²) < 4.78 is 36.9. The molecule has 0 rings (SSSR count). The Morgan fingerprint density at radius 1 is 1.38 bits per heavy atom. The zero-order valence-electron chi connectivity index (χ0n) is 7.90. The van der Waals surface area contributed by atoms with Gasteiger partial charge in [0.25, 0.3) is 0 Å². The van der Waals surface area contributed by atoms with Gasteiger partial charge in [0.1, 0.15) is 5.78 Å². The minimum Gasteiger partial charge on any atom is -0.321 e. The summed E-state index contributed by atoms with van der Waals surface area (Å²) in [4.78, 5) is 10.7. The van der Waals surface area contributed by atoms with Crippen molar-refractivity contribution in [1.29, 1.82) is 0 Å². The minimum absolute atomic E-state index is 0.369. The van der Waals surface area contributed by atoms with E-state index in [0.717, 1.165) is 13.8 Å². The molecule has 2 N–H and O–H groups in total. The molecule has 13 heavy (non-hydrogen) atoms. The van der Waals surface area contributed by atoms with Crippen molar-refractivity contribution in [2.45, 2.75) is 39.4 Å². The van der Waals surface area contributed by atoms with Gasteiger partial charge in [-0.1, -0.05) is 13.8 Å². The van der Waals surface area contributed by atoms with E-state index in [-0.39, 0.29) is 6.42 Å². The zero-order valence-corrected chi connectivity index (χ0v) is 7.90. The lowest BCUT2D eigenvalue weighted by Gasteiger charge is -2.29. The Morgan fingerprint density at radius 3 is 2.00 bits per heavy atom. The second kappa shape index (κ2) is 3.65. The van der Waals surface area contributed by atoms with Crippen molar-refractivity contribution >= 4 is 5.78 Å². The topological polar surface area (TPSA) is 43.1 Å². The molecule has 0 unspecified atom stereocenters. The molecular formula is C8H14F3NO. The number of nitrogens with two attached hydrogens (primary N) is 1. The Morgan fingerprint density at radius 2 is 1.77 bits per heavy atom. The highest BCUT2D eigenvalue weighted by molar-refractivity contribution is 5.81. The third-order valence-electron chi connectivity index (χ3n) is 2.02. The van der Waals surface area contributed by atoms with Crippen molar-refractivity contribution in [3.8, 4) is 0 Å². The highest BCUT2D eigenvalue weighted by Gasteiger charge is 2.48. The van der Waals surface area contributed by atoms with Gasteiger partial charge in [-0.3, -0.25) is 4.79 Å². The molecule has 0 saturated carbocycles. The number of carbonyl (C=O) groups is 1. The molecular weight excluding hydrogens is 183 g/mol. The summed E-state index contributed by atoms with van der Waals surface area (Å²) >= 11 is 0. The van der Waals surface area contributed by atoms with E-state index < -0.39 is 23.4 Å². The van der Waals surface area contributed by atoms with E-state index in [0.29, 0.717) is 0 Å². The van der Waals surface area contributed by atoms with E-state index in [9.17, 15) is 18.0 Å². The zero-order chi connectivity index (χ0) is 10.9. The summed E-state index contributed by atoms with van der Waals surface area (Å²) in [6, 6.07) is -1.03. The molecule has 1 atom stereocenters. The Kier molecular flexibility index (Phi) is 3.49. The standard InChI is InChI=1S/C8H14F3NO/c1-5(13)6(12)4-7(2,3)8(9,10)11/h6H,4,12H2,1-3H3/t6-/m0/s1. The summed E-state index contributed by atoms with van der Waals surface area (Å²) in [6.07, 6.45) is -4.69. The molecule has 0 aliphatic carbocycles. The van der Waals surface area contributed by atoms with Crippen molar-refractivity contribution < 1.29 is 18.0 Å². The monoisotopic (exact) mass is 197 g/mol. The lowest BCUT2D eigenvalue weighted by atomic mass is 9.84. The first-order valence-corrected chi connectivity index (χ1v) is 3.90. The summed E-state index contributed by atoms with van der Waals surface area (Å²) in [5.41, 5.74) is 3.35. The van der Waals surface area contributed by atoms with Crippen LogP contribution < -0.4 is 5.73 Å². The normalized spacial score (nSPS) is 15.6. The van der Waals surface area contributed by atoms with Crippen LogP contribution in [0.5, 0.6) is 0 Å². The van der Waals surface area contributed by atoms with E-state index in [2.05, 4.69) is 0 Å². The number of ketones is 1. The molecule has 0 aliphatic heterocycles. The van der Waals surface area contributed by atoms with Crippen LogP contribution in [0.25, 0.3) is 0 Å². The van der Waals surface area contributed by atoms with Gasteiger partial charge in [0.05, 0.1) is 11.5 Å². The van der Waals surface area contributed by atoms with Gasteiger partial charge in [0, 0.05) is 0 Å². The first-order valence-electron chi connectivity index (χ1n) is 3.90. The average molecular weight is 197 g/mol. The second-order valence-corrected chi connectivity index (χ2v) is 3.80. The maximum atomic E-state index is 12.3. The van der Waals surface area contributed by atoms with Gasteiger partial charge in [-0.2, -0.15) is 13.2 Å². The van der Waals surface area contributed by atoms with Gasteiger partial charge in [-0.15, -0.1) is 0 Å². The summed E-state index contributed by atoms with van der Waals surface area (Å²) in [7, 11) is 0. The van der Waals surface area contributed by atoms with Crippen LogP contribution in [0.4, 0.5) is 13.2 Å². The number of hydrogen-bond donors (Lipinski definition) is 1. The summed E-state index contributed by atoms with van der Waals surface area (Å²) in [5.74, 6) is -0.419. The third kappa shape index (κ3) is 3.34. The molecule has 0 aromatic heterocycles. The number of hydrogen-bond acceptors (Lipinski definition) is 2. The molecule has 0 radical (unpaired) electrons. The van der Waals surface area contributed by atoms with Crippen LogP contribution in [0.3, 0.4) is 0 Å². The van der Waals surface area contributed by atoms with E-state index in [1.807, 2.05) is 0 Å². The molecule has 0 amide bonds. The minimum atomic E-state index is -4.32. The van der Waals surface area contributed by atoms with Gasteiger partial charge in [-0.25, -0.2) is 0 Å². The van der Waals surface area contributed by atoms with Crippen LogP contribution in [-0.2, 0) is 4.79 Å². The molecule has 78 valence electrons. The molecule has 0 bridgehead atoms. The number of rotatable bonds is 3. The largest absolute Gasteiger partial charge is 0.394 e. The second-order valence-electron chi connectivity index (χ2n) is 3.80. The lowest BCUT2D eigenvalue weighted by molar-refractivity contribution is -0.214. The first-order chi connectivity index (χ1) is 5.58. The smallest absolute Gasteiger partial charge is 0.321 e. The SMILES string of the molecule is CC(=O)[C@@H](N)CC(C)(C)C(F)(F)F. The van der Waals surface area contributed by atoms with Gasteiger partial charge in [0.2, 0.25) is 0 Å². The number of alkyl halides is 3. The molecule has 0 fully saturated rings. The summed E-state index contributed by atoms with van der Waals surface area (Å²) in [5, 5.41) is 0.